The number of methoxy groups -OCH3 is 1. The van der Waals surface area contributed by atoms with E-state index in [0.717, 1.165) is 0 Å². The van der Waals surface area contributed by atoms with E-state index < -0.39 is 11.2 Å². The number of ether oxygens (including phenoxy) is 2. The normalized spacial score (nSPS) is 8.75. The van der Waals surface area contributed by atoms with Gasteiger partial charge in [-0.15, -0.1) is 10.1 Å². The van der Waals surface area contributed by atoms with Crippen LogP contribution >= 0.6 is 0 Å². The second-order valence-corrected chi connectivity index (χ2v) is 1.71. The molecule has 7 nitrogen and oxygen atoms in total. The van der Waals surface area contributed by atoms with Gasteiger partial charge >= 0.3 is 6.16 Å². The molecule has 0 aromatic heterocycles. The number of carbonyl (C=O) groups is 1. The van der Waals surface area contributed by atoms with E-state index in [4.69, 9.17) is 0 Å². The number of hydrogen-bond donors (Lipinski definition) is 0. The summed E-state index contributed by atoms with van der Waals surface area (Å²) in [6, 6.07) is 0. The van der Waals surface area contributed by atoms with Crippen molar-refractivity contribution in [2.45, 2.75) is 6.42 Å². The summed E-state index contributed by atoms with van der Waals surface area (Å²) in [7, 11) is 1.18. The molecule has 70 valence electrons. The van der Waals surface area contributed by atoms with Gasteiger partial charge < -0.3 is 14.3 Å². The van der Waals surface area contributed by atoms with Gasteiger partial charge in [0, 0.05) is 6.42 Å². The van der Waals surface area contributed by atoms with Crippen LogP contribution < -0.4 is 0 Å². The third-order valence-electron chi connectivity index (χ3n) is 0.872. The first kappa shape index (κ1) is 10.5. The van der Waals surface area contributed by atoms with E-state index in [9.17, 15) is 14.9 Å². The highest BCUT2D eigenvalue weighted by atomic mass is 16.9. The molecule has 0 N–H and O–H groups in total. The molecule has 12 heavy (non-hydrogen) atoms. The van der Waals surface area contributed by atoms with Crippen LogP contribution in [0.3, 0.4) is 0 Å². The van der Waals surface area contributed by atoms with E-state index in [-0.39, 0.29) is 19.6 Å². The summed E-state index contributed by atoms with van der Waals surface area (Å²) >= 11 is 0. The van der Waals surface area contributed by atoms with Crippen molar-refractivity contribution in [3.05, 3.63) is 10.1 Å². The molecular formula is C5H9NO6. The van der Waals surface area contributed by atoms with Gasteiger partial charge in [0.2, 0.25) is 0 Å². The maximum atomic E-state index is 10.3. The summed E-state index contributed by atoms with van der Waals surface area (Å²) < 4.78 is 8.55. The molecule has 0 fully saturated rings. The minimum absolute atomic E-state index is 0.0422. The van der Waals surface area contributed by atoms with E-state index in [1.165, 1.54) is 7.11 Å². The number of nitrogens with zero attached hydrogens (tertiary/aromatic N) is 1. The monoisotopic (exact) mass is 179 g/mol. The SMILES string of the molecule is COC(=O)OCCCO[N+](=O)[O-]. The maximum absolute atomic E-state index is 10.3. The Morgan fingerprint density at radius 3 is 2.67 bits per heavy atom. The summed E-state index contributed by atoms with van der Waals surface area (Å²) in [5.41, 5.74) is 0. The Balaban J connectivity index is 3.11. The third-order valence-corrected chi connectivity index (χ3v) is 0.872. The zero-order chi connectivity index (χ0) is 9.40. The molecule has 7 heteroatoms. The third kappa shape index (κ3) is 6.59. The zero-order valence-electron chi connectivity index (χ0n) is 6.52. The van der Waals surface area contributed by atoms with E-state index >= 15 is 0 Å². The van der Waals surface area contributed by atoms with E-state index in [0.29, 0.717) is 0 Å². The van der Waals surface area contributed by atoms with Crippen molar-refractivity contribution < 1.29 is 24.2 Å². The van der Waals surface area contributed by atoms with Crippen LogP contribution in [0, 0.1) is 10.1 Å². The highest BCUT2D eigenvalue weighted by Gasteiger charge is 1.99. The average Bonchev–Trinajstić information content (AvgIpc) is 2.03. The predicted molar refractivity (Wildman–Crippen MR) is 35.9 cm³/mol. The van der Waals surface area contributed by atoms with Crippen molar-refractivity contribution >= 4 is 6.16 Å². The molecule has 0 rings (SSSR count). The number of carbonyl (C=O) groups excluding carboxylic acids is 1. The molecule has 0 bridgehead atoms. The van der Waals surface area contributed by atoms with Gasteiger partial charge in [0.25, 0.3) is 5.09 Å². The first-order valence-electron chi connectivity index (χ1n) is 3.15. The smallest absolute Gasteiger partial charge is 0.438 e. The van der Waals surface area contributed by atoms with Gasteiger partial charge in [-0.25, -0.2) is 4.79 Å². The first-order chi connectivity index (χ1) is 5.66. The van der Waals surface area contributed by atoms with E-state index in [1.807, 2.05) is 0 Å². The molecule has 0 unspecified atom stereocenters. The van der Waals surface area contributed by atoms with Gasteiger partial charge in [0.15, 0.2) is 0 Å². The molecule has 0 aliphatic heterocycles. The zero-order valence-corrected chi connectivity index (χ0v) is 6.52. The highest BCUT2D eigenvalue weighted by molar-refractivity contribution is 5.59. The largest absolute Gasteiger partial charge is 0.507 e. The number of rotatable bonds is 5. The molecule has 0 aliphatic rings. The first-order valence-corrected chi connectivity index (χ1v) is 3.15. The van der Waals surface area contributed by atoms with Crippen LogP contribution in [-0.2, 0) is 14.3 Å². The van der Waals surface area contributed by atoms with E-state index in [2.05, 4.69) is 14.3 Å². The fourth-order valence-corrected chi connectivity index (χ4v) is 0.412. The van der Waals surface area contributed by atoms with Crippen molar-refractivity contribution in [3.8, 4) is 0 Å². The average molecular weight is 179 g/mol. The van der Waals surface area contributed by atoms with Crippen LogP contribution in [0.25, 0.3) is 0 Å². The molecule has 0 amide bonds. The minimum Gasteiger partial charge on any atom is -0.438 e. The fraction of sp³-hybridized carbons (Fsp3) is 0.800. The number of hydrogen-bond acceptors (Lipinski definition) is 6. The lowest BCUT2D eigenvalue weighted by Gasteiger charge is -2.01. The van der Waals surface area contributed by atoms with Crippen molar-refractivity contribution in [2.24, 2.45) is 0 Å². The van der Waals surface area contributed by atoms with Gasteiger partial charge in [0.05, 0.1) is 20.3 Å². The van der Waals surface area contributed by atoms with Crippen LogP contribution in [0.2, 0.25) is 0 Å². The van der Waals surface area contributed by atoms with Gasteiger partial charge in [0.1, 0.15) is 0 Å². The molecule has 0 radical (unpaired) electrons. The van der Waals surface area contributed by atoms with Crippen LogP contribution in [-0.4, -0.2) is 31.6 Å². The lowest BCUT2D eigenvalue weighted by atomic mass is 10.5. The Kier molecular flexibility index (Phi) is 5.41. The highest BCUT2D eigenvalue weighted by Crippen LogP contribution is 1.87. The lowest BCUT2D eigenvalue weighted by molar-refractivity contribution is -0.757. The molecular weight excluding hydrogens is 170 g/mol. The predicted octanol–water partition coefficient (Wildman–Crippen LogP) is 0.368. The van der Waals surface area contributed by atoms with Gasteiger partial charge in [-0.05, 0) is 0 Å². The summed E-state index contributed by atoms with van der Waals surface area (Å²) in [6.07, 6.45) is -0.549. The van der Waals surface area contributed by atoms with Crippen molar-refractivity contribution in [3.63, 3.8) is 0 Å². The Labute approximate surface area is 68.3 Å². The van der Waals surface area contributed by atoms with Crippen molar-refractivity contribution in [2.75, 3.05) is 20.3 Å². The van der Waals surface area contributed by atoms with Crippen molar-refractivity contribution in [1.82, 2.24) is 0 Å². The van der Waals surface area contributed by atoms with Crippen molar-refractivity contribution in [1.29, 1.82) is 0 Å². The molecule has 0 saturated heterocycles. The Morgan fingerprint density at radius 1 is 1.50 bits per heavy atom. The van der Waals surface area contributed by atoms with Gasteiger partial charge in [-0.1, -0.05) is 0 Å². The summed E-state index contributed by atoms with van der Waals surface area (Å²) in [6.45, 7) is -0.0511. The summed E-state index contributed by atoms with van der Waals surface area (Å²) in [4.78, 5) is 23.8. The quantitative estimate of drug-likeness (QED) is 0.262. The lowest BCUT2D eigenvalue weighted by Crippen LogP contribution is -2.09. The molecule has 0 aliphatic carbocycles. The van der Waals surface area contributed by atoms with Crippen LogP contribution in [0.1, 0.15) is 6.42 Å². The minimum atomic E-state index is -0.905. The summed E-state index contributed by atoms with van der Waals surface area (Å²) in [5, 5.41) is 8.70. The molecule has 0 spiro atoms. The van der Waals surface area contributed by atoms with Crippen LogP contribution in [0.5, 0.6) is 0 Å². The van der Waals surface area contributed by atoms with Gasteiger partial charge in [-0.2, -0.15) is 0 Å². The second-order valence-electron chi connectivity index (χ2n) is 1.71. The summed E-state index contributed by atoms with van der Waals surface area (Å²) in [5.74, 6) is 0. The molecule has 0 atom stereocenters. The molecule has 0 heterocycles. The maximum Gasteiger partial charge on any atom is 0.507 e. The Hall–Kier alpha value is -1.53. The molecule has 0 saturated carbocycles. The fourth-order valence-electron chi connectivity index (χ4n) is 0.412. The Morgan fingerprint density at radius 2 is 2.17 bits per heavy atom. The molecule has 0 aromatic carbocycles. The molecule has 0 aromatic rings. The topological polar surface area (TPSA) is 87.9 Å². The van der Waals surface area contributed by atoms with Gasteiger partial charge in [-0.3, -0.25) is 0 Å². The van der Waals surface area contributed by atoms with Crippen LogP contribution in [0.4, 0.5) is 4.79 Å². The van der Waals surface area contributed by atoms with E-state index in [1.54, 1.807) is 0 Å². The van der Waals surface area contributed by atoms with Crippen LogP contribution in [0.15, 0.2) is 0 Å². The second kappa shape index (κ2) is 6.20. The standard InChI is InChI=1S/C5H9NO6/c1-10-5(7)11-3-2-4-12-6(8)9/h2-4H2,1H3. The Bertz CT molecular complexity index is 158.